The van der Waals surface area contributed by atoms with Crippen LogP contribution in [0.25, 0.3) is 0 Å². The second-order valence-corrected chi connectivity index (χ2v) is 14.0. The summed E-state index contributed by atoms with van der Waals surface area (Å²) in [6.45, 7) is 6.51. The summed E-state index contributed by atoms with van der Waals surface area (Å²) >= 11 is 0. The van der Waals surface area contributed by atoms with Crippen molar-refractivity contribution in [3.63, 3.8) is 0 Å². The van der Waals surface area contributed by atoms with Crippen LogP contribution in [0.15, 0.2) is 0 Å². The molecule has 2 fully saturated rings. The first-order chi connectivity index (χ1) is 8.62. The summed E-state index contributed by atoms with van der Waals surface area (Å²) in [5.74, 6) is 0. The van der Waals surface area contributed by atoms with Gasteiger partial charge in [0.05, 0.1) is 21.5 Å². The standard InChI is InChI=1S/C13H27FO2Si2/c1-18(2,12-7-3-5-9-15-12)13(17-11-14)8-4-6-10-16-13/h12H,3-11,17H2,1-2H3. The molecule has 2 nitrogen and oxygen atoms in total. The van der Waals surface area contributed by atoms with Crippen molar-refractivity contribution >= 4 is 17.6 Å². The average Bonchev–Trinajstić information content (AvgIpc) is 2.41. The lowest BCUT2D eigenvalue weighted by Gasteiger charge is -2.51. The van der Waals surface area contributed by atoms with Crippen LogP contribution in [0.1, 0.15) is 38.5 Å². The largest absolute Gasteiger partial charge is 0.382 e. The van der Waals surface area contributed by atoms with Crippen LogP contribution in [0.2, 0.25) is 13.1 Å². The van der Waals surface area contributed by atoms with Crippen molar-refractivity contribution in [3.05, 3.63) is 0 Å². The molecule has 0 bridgehead atoms. The first-order valence-corrected chi connectivity index (χ1v) is 12.2. The van der Waals surface area contributed by atoms with Gasteiger partial charge in [-0.05, 0) is 38.5 Å². The number of alkyl halides is 1. The molecule has 2 aliphatic heterocycles. The number of hydrogen-bond acceptors (Lipinski definition) is 2. The topological polar surface area (TPSA) is 18.5 Å². The summed E-state index contributed by atoms with van der Waals surface area (Å²) in [4.78, 5) is -0.0397. The van der Waals surface area contributed by atoms with E-state index in [2.05, 4.69) is 13.1 Å². The van der Waals surface area contributed by atoms with Gasteiger partial charge in [-0.15, -0.1) is 0 Å². The van der Waals surface area contributed by atoms with Gasteiger partial charge in [-0.2, -0.15) is 0 Å². The molecule has 106 valence electrons. The number of hydrogen-bond donors (Lipinski definition) is 0. The second-order valence-electron chi connectivity index (χ2n) is 6.32. The van der Waals surface area contributed by atoms with Crippen LogP contribution in [0, 0.1) is 0 Å². The molecule has 0 aromatic heterocycles. The normalized spacial score (nSPS) is 35.2. The van der Waals surface area contributed by atoms with E-state index in [1.165, 1.54) is 25.7 Å². The third-order valence-electron chi connectivity index (χ3n) is 5.01. The average molecular weight is 291 g/mol. The van der Waals surface area contributed by atoms with Crippen molar-refractivity contribution in [2.75, 3.05) is 19.5 Å². The zero-order valence-electron chi connectivity index (χ0n) is 11.8. The molecule has 0 N–H and O–H groups in total. The van der Waals surface area contributed by atoms with Crippen molar-refractivity contribution in [2.45, 2.75) is 62.2 Å². The van der Waals surface area contributed by atoms with Gasteiger partial charge in [0.2, 0.25) is 0 Å². The molecule has 5 heteroatoms. The molecule has 0 spiro atoms. The molecule has 2 rings (SSSR count). The van der Waals surface area contributed by atoms with E-state index in [4.69, 9.17) is 9.47 Å². The lowest BCUT2D eigenvalue weighted by molar-refractivity contribution is 0.00673. The highest BCUT2D eigenvalue weighted by Gasteiger charge is 2.53. The Balaban J connectivity index is 2.16. The van der Waals surface area contributed by atoms with Gasteiger partial charge < -0.3 is 9.47 Å². The van der Waals surface area contributed by atoms with Crippen LogP contribution < -0.4 is 0 Å². The predicted octanol–water partition coefficient (Wildman–Crippen LogP) is 2.33. The summed E-state index contributed by atoms with van der Waals surface area (Å²) in [6, 6.07) is 0. The van der Waals surface area contributed by atoms with Crippen molar-refractivity contribution in [2.24, 2.45) is 0 Å². The number of ether oxygens (including phenoxy) is 2. The summed E-state index contributed by atoms with van der Waals surface area (Å²) in [5, 5.41) is 0. The van der Waals surface area contributed by atoms with E-state index in [9.17, 15) is 4.39 Å². The van der Waals surface area contributed by atoms with Gasteiger partial charge in [0.1, 0.15) is 8.07 Å². The fourth-order valence-electron chi connectivity index (χ4n) is 3.64. The zero-order valence-corrected chi connectivity index (χ0v) is 14.3. The minimum absolute atomic E-state index is 0.0397. The van der Waals surface area contributed by atoms with Crippen molar-refractivity contribution in [3.8, 4) is 0 Å². The molecule has 0 amide bonds. The fourth-order valence-corrected chi connectivity index (χ4v) is 11.6. The van der Waals surface area contributed by atoms with Gasteiger partial charge in [0.15, 0.2) is 0 Å². The highest BCUT2D eigenvalue weighted by atomic mass is 28.4. The van der Waals surface area contributed by atoms with Gasteiger partial charge in [0.25, 0.3) is 0 Å². The molecule has 18 heavy (non-hydrogen) atoms. The molecule has 2 unspecified atom stereocenters. The number of halogens is 1. The Kier molecular flexibility index (Phi) is 5.02. The molecule has 0 saturated carbocycles. The van der Waals surface area contributed by atoms with Gasteiger partial charge in [0, 0.05) is 18.1 Å². The van der Waals surface area contributed by atoms with Gasteiger partial charge >= 0.3 is 0 Å². The summed E-state index contributed by atoms with van der Waals surface area (Å²) in [5.41, 5.74) is 0.392. The van der Waals surface area contributed by atoms with E-state index in [1.807, 2.05) is 0 Å². The molecule has 2 saturated heterocycles. The SMILES string of the molecule is C[Si](C)(C1CCCCO1)C1([SiH2]CF)CCCCO1. The van der Waals surface area contributed by atoms with Crippen LogP contribution >= 0.6 is 0 Å². The lowest BCUT2D eigenvalue weighted by atomic mass is 10.2. The van der Waals surface area contributed by atoms with E-state index >= 15 is 0 Å². The Bertz CT molecular complexity index is 256. The summed E-state index contributed by atoms with van der Waals surface area (Å²) in [7, 11) is -2.48. The molecule has 2 heterocycles. The Morgan fingerprint density at radius 1 is 1.22 bits per heavy atom. The quantitative estimate of drug-likeness (QED) is 0.740. The first-order valence-electron chi connectivity index (χ1n) is 7.44. The van der Waals surface area contributed by atoms with E-state index in [-0.39, 0.29) is 11.1 Å². The molecular weight excluding hydrogens is 263 g/mol. The van der Waals surface area contributed by atoms with Crippen LogP contribution in [0.3, 0.4) is 0 Å². The van der Waals surface area contributed by atoms with E-state index in [1.54, 1.807) is 0 Å². The first kappa shape index (κ1) is 14.7. The van der Waals surface area contributed by atoms with Crippen LogP contribution in [-0.4, -0.2) is 47.7 Å². The molecule has 2 atom stereocenters. The minimum atomic E-state index is -1.70. The van der Waals surface area contributed by atoms with E-state index in [0.29, 0.717) is 5.73 Å². The summed E-state index contributed by atoms with van der Waals surface area (Å²) < 4.78 is 25.4. The Hall–Kier alpha value is 0.284. The predicted molar refractivity (Wildman–Crippen MR) is 78.1 cm³/mol. The third kappa shape index (κ3) is 2.74. The van der Waals surface area contributed by atoms with Crippen LogP contribution in [-0.2, 0) is 9.47 Å². The van der Waals surface area contributed by atoms with Crippen molar-refractivity contribution < 1.29 is 13.9 Å². The maximum atomic E-state index is 13.1. The number of rotatable bonds is 4. The molecule has 0 aromatic carbocycles. The fraction of sp³-hybridized carbons (Fsp3) is 1.00. The van der Waals surface area contributed by atoms with Crippen LogP contribution in [0.5, 0.6) is 0 Å². The maximum absolute atomic E-state index is 13.1. The Morgan fingerprint density at radius 2 is 2.00 bits per heavy atom. The minimum Gasteiger partial charge on any atom is -0.382 e. The molecule has 0 aliphatic carbocycles. The Morgan fingerprint density at radius 3 is 2.56 bits per heavy atom. The molecule has 0 aromatic rings. The monoisotopic (exact) mass is 290 g/mol. The van der Waals surface area contributed by atoms with Crippen molar-refractivity contribution in [1.29, 1.82) is 0 Å². The van der Waals surface area contributed by atoms with E-state index in [0.717, 1.165) is 26.1 Å². The zero-order chi connectivity index (χ0) is 13.1. The van der Waals surface area contributed by atoms with Crippen molar-refractivity contribution in [1.82, 2.24) is 0 Å². The summed E-state index contributed by atoms with van der Waals surface area (Å²) in [6.07, 6.45) is 6.98. The smallest absolute Gasteiger partial charge is 0.113 e. The van der Waals surface area contributed by atoms with Crippen LogP contribution in [0.4, 0.5) is 4.39 Å². The third-order valence-corrected chi connectivity index (χ3v) is 14.9. The van der Waals surface area contributed by atoms with Gasteiger partial charge in [-0.3, -0.25) is 4.39 Å². The van der Waals surface area contributed by atoms with Gasteiger partial charge in [-0.25, -0.2) is 0 Å². The highest BCUT2D eigenvalue weighted by molar-refractivity contribution is 6.89. The highest BCUT2D eigenvalue weighted by Crippen LogP contribution is 2.38. The molecule has 2 aliphatic rings. The molecule has 0 radical (unpaired) electrons. The van der Waals surface area contributed by atoms with Gasteiger partial charge in [-0.1, -0.05) is 13.1 Å². The second kappa shape index (κ2) is 6.16. The molecular formula is C13H27FO2Si2. The lowest BCUT2D eigenvalue weighted by Crippen LogP contribution is -2.68. The van der Waals surface area contributed by atoms with E-state index < -0.39 is 17.6 Å². The maximum Gasteiger partial charge on any atom is 0.113 e. The Labute approximate surface area is 113 Å².